The summed E-state index contributed by atoms with van der Waals surface area (Å²) >= 11 is 1.19. The molecule has 1 heterocycles. The molecule has 1 amide bonds. The van der Waals surface area contributed by atoms with E-state index in [-0.39, 0.29) is 11.5 Å². The molecule has 25 heavy (non-hydrogen) atoms. The number of nitrogens with one attached hydrogen (secondary N) is 1. The summed E-state index contributed by atoms with van der Waals surface area (Å²) in [6, 6.07) is 11.0. The molecule has 0 fully saturated rings. The summed E-state index contributed by atoms with van der Waals surface area (Å²) in [5.74, 6) is -1.29. The van der Waals surface area contributed by atoms with Crippen molar-refractivity contribution in [3.8, 4) is 21.8 Å². The van der Waals surface area contributed by atoms with E-state index in [0.29, 0.717) is 22.8 Å². The molecule has 0 aliphatic rings. The number of thiazole rings is 1. The number of hydrogen-bond acceptors (Lipinski definition) is 3. The maximum atomic E-state index is 13.9. The summed E-state index contributed by atoms with van der Waals surface area (Å²) < 4.78 is 27.7. The Morgan fingerprint density at radius 2 is 1.80 bits per heavy atom. The fraction of sp³-hybridized carbons (Fsp3) is 0.158. The van der Waals surface area contributed by atoms with Crippen LogP contribution in [0.25, 0.3) is 21.8 Å². The van der Waals surface area contributed by atoms with Crippen molar-refractivity contribution in [2.45, 2.75) is 19.8 Å². The van der Waals surface area contributed by atoms with Gasteiger partial charge < -0.3 is 5.32 Å². The lowest BCUT2D eigenvalue weighted by Gasteiger charge is -2.05. The average molecular weight is 358 g/mol. The summed E-state index contributed by atoms with van der Waals surface area (Å²) in [5.41, 5.74) is 2.04. The highest BCUT2D eigenvalue weighted by molar-refractivity contribution is 7.13. The van der Waals surface area contributed by atoms with Crippen molar-refractivity contribution in [1.82, 2.24) is 4.98 Å². The third-order valence-electron chi connectivity index (χ3n) is 3.62. The van der Waals surface area contributed by atoms with Gasteiger partial charge in [0.1, 0.15) is 16.6 Å². The van der Waals surface area contributed by atoms with Gasteiger partial charge >= 0.3 is 0 Å². The lowest BCUT2D eigenvalue weighted by molar-refractivity contribution is -0.116. The van der Waals surface area contributed by atoms with Gasteiger partial charge in [0.15, 0.2) is 0 Å². The fourth-order valence-electron chi connectivity index (χ4n) is 2.40. The molecule has 3 nitrogen and oxygen atoms in total. The summed E-state index contributed by atoms with van der Waals surface area (Å²) in [6.07, 6.45) is 1.27. The molecule has 0 aliphatic heterocycles. The minimum absolute atomic E-state index is 0.0266. The predicted molar refractivity (Wildman–Crippen MR) is 96.4 cm³/mol. The number of aromatic nitrogens is 1. The van der Waals surface area contributed by atoms with Crippen molar-refractivity contribution >= 4 is 22.9 Å². The molecule has 3 aromatic rings. The van der Waals surface area contributed by atoms with Gasteiger partial charge in [-0.25, -0.2) is 13.8 Å². The van der Waals surface area contributed by atoms with Crippen LogP contribution in [0.5, 0.6) is 0 Å². The Kier molecular flexibility index (Phi) is 5.19. The minimum atomic E-state index is -0.630. The molecule has 6 heteroatoms. The van der Waals surface area contributed by atoms with Crippen LogP contribution in [-0.4, -0.2) is 10.9 Å². The van der Waals surface area contributed by atoms with Gasteiger partial charge in [0.05, 0.1) is 11.3 Å². The van der Waals surface area contributed by atoms with Gasteiger partial charge in [-0.05, 0) is 30.7 Å². The molecule has 0 spiro atoms. The summed E-state index contributed by atoms with van der Waals surface area (Å²) in [4.78, 5) is 15.9. The van der Waals surface area contributed by atoms with Crippen LogP contribution < -0.4 is 5.32 Å². The third-order valence-corrected chi connectivity index (χ3v) is 4.48. The molecule has 1 aromatic heterocycles. The molecule has 2 aromatic carbocycles. The second-order valence-corrected chi connectivity index (χ2v) is 6.37. The Bertz CT molecular complexity index is 870. The molecule has 0 radical (unpaired) electrons. The topological polar surface area (TPSA) is 42.0 Å². The van der Waals surface area contributed by atoms with Gasteiger partial charge in [0.2, 0.25) is 5.91 Å². The van der Waals surface area contributed by atoms with Crippen LogP contribution in [0.4, 0.5) is 14.5 Å². The molecule has 0 bridgehead atoms. The highest BCUT2D eigenvalue weighted by atomic mass is 32.1. The standard InChI is InChI=1S/C19H16F2N2OS/c1-2-4-17(24)22-13-9-7-12(8-10-13)16-11-25-19(23-16)18-14(20)5-3-6-15(18)21/h3,5-11H,2,4H2,1H3,(H,22,24). The summed E-state index contributed by atoms with van der Waals surface area (Å²) in [7, 11) is 0. The average Bonchev–Trinajstić information content (AvgIpc) is 3.05. The van der Waals surface area contributed by atoms with Crippen molar-refractivity contribution in [2.24, 2.45) is 0 Å². The molecule has 1 N–H and O–H groups in total. The SMILES string of the molecule is CCCC(=O)Nc1ccc(-c2csc(-c3c(F)cccc3F)n2)cc1. The molecule has 3 rings (SSSR count). The van der Waals surface area contributed by atoms with Crippen LogP contribution >= 0.6 is 11.3 Å². The fourth-order valence-corrected chi connectivity index (χ4v) is 3.27. The van der Waals surface area contributed by atoms with E-state index in [4.69, 9.17) is 0 Å². The second kappa shape index (κ2) is 7.53. The zero-order valence-corrected chi connectivity index (χ0v) is 14.4. The molecule has 0 unspecified atom stereocenters. The number of hydrogen-bond donors (Lipinski definition) is 1. The maximum absolute atomic E-state index is 13.9. The van der Waals surface area contributed by atoms with Gasteiger partial charge in [-0.2, -0.15) is 0 Å². The highest BCUT2D eigenvalue weighted by Gasteiger charge is 2.15. The first-order valence-corrected chi connectivity index (χ1v) is 8.76. The Hall–Kier alpha value is -2.60. The van der Waals surface area contributed by atoms with E-state index < -0.39 is 11.6 Å². The first-order valence-electron chi connectivity index (χ1n) is 7.88. The number of benzene rings is 2. The summed E-state index contributed by atoms with van der Waals surface area (Å²) in [6.45, 7) is 1.95. The lowest BCUT2D eigenvalue weighted by Crippen LogP contribution is -2.10. The van der Waals surface area contributed by atoms with E-state index in [1.807, 2.05) is 19.1 Å². The van der Waals surface area contributed by atoms with E-state index in [9.17, 15) is 13.6 Å². The third kappa shape index (κ3) is 3.91. The van der Waals surface area contributed by atoms with Gasteiger partial charge in [-0.15, -0.1) is 11.3 Å². The van der Waals surface area contributed by atoms with E-state index in [0.717, 1.165) is 12.0 Å². The van der Waals surface area contributed by atoms with Crippen LogP contribution in [0.15, 0.2) is 47.8 Å². The number of carbonyl (C=O) groups is 1. The van der Waals surface area contributed by atoms with E-state index in [1.165, 1.54) is 29.5 Å². The molecular weight excluding hydrogens is 342 g/mol. The van der Waals surface area contributed by atoms with E-state index in [1.54, 1.807) is 17.5 Å². The number of nitrogens with zero attached hydrogens (tertiary/aromatic N) is 1. The van der Waals surface area contributed by atoms with E-state index >= 15 is 0 Å². The van der Waals surface area contributed by atoms with Gasteiger partial charge in [0, 0.05) is 23.1 Å². The monoisotopic (exact) mass is 358 g/mol. The van der Waals surface area contributed by atoms with Gasteiger partial charge in [0.25, 0.3) is 0 Å². The van der Waals surface area contributed by atoms with Crippen molar-refractivity contribution in [1.29, 1.82) is 0 Å². The zero-order valence-electron chi connectivity index (χ0n) is 13.6. The second-order valence-electron chi connectivity index (χ2n) is 5.51. The number of carbonyl (C=O) groups excluding carboxylic acids is 1. The van der Waals surface area contributed by atoms with Gasteiger partial charge in [-0.3, -0.25) is 4.79 Å². The quantitative estimate of drug-likeness (QED) is 0.655. The van der Waals surface area contributed by atoms with Gasteiger partial charge in [-0.1, -0.05) is 25.1 Å². The van der Waals surface area contributed by atoms with Crippen molar-refractivity contribution in [2.75, 3.05) is 5.32 Å². The number of anilines is 1. The number of rotatable bonds is 5. The van der Waals surface area contributed by atoms with Crippen LogP contribution in [0, 0.1) is 11.6 Å². The smallest absolute Gasteiger partial charge is 0.224 e. The minimum Gasteiger partial charge on any atom is -0.326 e. The Balaban J connectivity index is 1.82. The van der Waals surface area contributed by atoms with Crippen LogP contribution in [0.2, 0.25) is 0 Å². The Labute approximate surface area is 148 Å². The predicted octanol–water partition coefficient (Wildman–Crippen LogP) is 5.49. The first-order chi connectivity index (χ1) is 12.1. The maximum Gasteiger partial charge on any atom is 0.224 e. The lowest BCUT2D eigenvalue weighted by atomic mass is 10.1. The molecule has 0 aliphatic carbocycles. The van der Waals surface area contributed by atoms with Crippen molar-refractivity contribution in [3.05, 3.63) is 59.5 Å². The molecule has 0 atom stereocenters. The highest BCUT2D eigenvalue weighted by Crippen LogP contribution is 2.32. The van der Waals surface area contributed by atoms with Crippen molar-refractivity contribution < 1.29 is 13.6 Å². The summed E-state index contributed by atoms with van der Waals surface area (Å²) in [5, 5.41) is 4.86. The normalized spacial score (nSPS) is 10.7. The van der Waals surface area contributed by atoms with Crippen molar-refractivity contribution in [3.63, 3.8) is 0 Å². The van der Waals surface area contributed by atoms with E-state index in [2.05, 4.69) is 10.3 Å². The Morgan fingerprint density at radius 1 is 1.12 bits per heavy atom. The number of amides is 1. The van der Waals surface area contributed by atoms with Crippen LogP contribution in [-0.2, 0) is 4.79 Å². The molecule has 0 saturated carbocycles. The van der Waals surface area contributed by atoms with Crippen LogP contribution in [0.3, 0.4) is 0 Å². The molecule has 0 saturated heterocycles. The number of halogens is 2. The Morgan fingerprint density at radius 3 is 2.44 bits per heavy atom. The molecule has 128 valence electrons. The largest absolute Gasteiger partial charge is 0.326 e. The zero-order chi connectivity index (χ0) is 17.8. The molecular formula is C19H16F2N2OS. The van der Waals surface area contributed by atoms with Crippen LogP contribution in [0.1, 0.15) is 19.8 Å². The first kappa shape index (κ1) is 17.2.